The van der Waals surface area contributed by atoms with E-state index in [1.165, 1.54) is 0 Å². The van der Waals surface area contributed by atoms with E-state index in [4.69, 9.17) is 5.26 Å². The van der Waals surface area contributed by atoms with Gasteiger partial charge in [-0.25, -0.2) is 18.4 Å². The summed E-state index contributed by atoms with van der Waals surface area (Å²) in [6, 6.07) is 10.9. The zero-order valence-corrected chi connectivity index (χ0v) is 17.0. The maximum atomic E-state index is 13.3. The lowest BCUT2D eigenvalue weighted by molar-refractivity contribution is 0.181. The van der Waals surface area contributed by atoms with E-state index in [9.17, 15) is 8.42 Å². The number of sulfonamides is 1. The van der Waals surface area contributed by atoms with Gasteiger partial charge in [0.25, 0.3) is 0 Å². The van der Waals surface area contributed by atoms with Crippen LogP contribution in [0.5, 0.6) is 0 Å². The molecule has 4 heterocycles. The van der Waals surface area contributed by atoms with Crippen molar-refractivity contribution in [1.29, 1.82) is 5.26 Å². The van der Waals surface area contributed by atoms with Gasteiger partial charge < -0.3 is 9.88 Å². The van der Waals surface area contributed by atoms with E-state index in [1.54, 1.807) is 34.9 Å². The summed E-state index contributed by atoms with van der Waals surface area (Å²) in [5, 5.41) is 10.1. The number of H-pyrrole nitrogens is 1. The summed E-state index contributed by atoms with van der Waals surface area (Å²) in [6.07, 6.45) is 5.37. The summed E-state index contributed by atoms with van der Waals surface area (Å²) in [5.41, 5.74) is 1.72. The number of fused-ring (bicyclic) bond motifs is 1. The molecule has 3 fully saturated rings. The van der Waals surface area contributed by atoms with Gasteiger partial charge in [0.1, 0.15) is 17.8 Å². The summed E-state index contributed by atoms with van der Waals surface area (Å²) >= 11 is 0. The zero-order chi connectivity index (χ0) is 20.5. The molecule has 1 saturated carbocycles. The van der Waals surface area contributed by atoms with Gasteiger partial charge in [0, 0.05) is 19.3 Å². The summed E-state index contributed by atoms with van der Waals surface area (Å²) < 4.78 is 28.4. The number of nitrogens with one attached hydrogen (secondary N) is 1. The van der Waals surface area contributed by atoms with E-state index < -0.39 is 10.0 Å². The lowest BCUT2D eigenvalue weighted by Gasteiger charge is -2.44. The highest BCUT2D eigenvalue weighted by Gasteiger charge is 2.76. The molecule has 2 saturated heterocycles. The number of hydrogen-bond acceptors (Lipinski definition) is 6. The number of anilines is 1. The fraction of sp³-hybridized carbons (Fsp3) is 0.381. The Balaban J connectivity index is 1.29. The summed E-state index contributed by atoms with van der Waals surface area (Å²) in [5.74, 6) is 1.12. The van der Waals surface area contributed by atoms with Crippen molar-refractivity contribution in [2.45, 2.75) is 30.2 Å². The number of rotatable bonds is 4. The number of benzene rings is 1. The lowest BCUT2D eigenvalue weighted by Crippen LogP contribution is -2.53. The van der Waals surface area contributed by atoms with Crippen molar-refractivity contribution in [2.24, 2.45) is 5.92 Å². The van der Waals surface area contributed by atoms with Crippen molar-refractivity contribution in [3.05, 3.63) is 54.0 Å². The molecule has 1 aliphatic carbocycles. The Bertz CT molecular complexity index is 1310. The molecule has 3 aliphatic rings. The first kappa shape index (κ1) is 17.9. The zero-order valence-electron chi connectivity index (χ0n) is 16.2. The number of aromatic amines is 1. The fourth-order valence-electron chi connectivity index (χ4n) is 5.53. The van der Waals surface area contributed by atoms with Crippen molar-refractivity contribution >= 4 is 26.9 Å². The van der Waals surface area contributed by atoms with Crippen LogP contribution in [-0.2, 0) is 15.8 Å². The van der Waals surface area contributed by atoms with E-state index in [0.717, 1.165) is 36.2 Å². The molecule has 9 heteroatoms. The molecule has 1 N–H and O–H groups in total. The SMILES string of the molecule is N#Cc1cccc(CS(=O)(=O)N2C3CN(c4ncnc5[nH]ccc45)CC4CCC432)c1. The molecule has 8 nitrogen and oxygen atoms in total. The van der Waals surface area contributed by atoms with Crippen molar-refractivity contribution in [1.82, 2.24) is 19.3 Å². The van der Waals surface area contributed by atoms with Gasteiger partial charge >= 0.3 is 0 Å². The van der Waals surface area contributed by atoms with Crippen LogP contribution in [0.1, 0.15) is 24.0 Å². The summed E-state index contributed by atoms with van der Waals surface area (Å²) in [7, 11) is -3.47. The van der Waals surface area contributed by atoms with Crippen LogP contribution in [0.2, 0.25) is 0 Å². The number of piperidine rings is 1. The molecule has 30 heavy (non-hydrogen) atoms. The van der Waals surface area contributed by atoms with Gasteiger partial charge in [-0.3, -0.25) is 0 Å². The highest BCUT2D eigenvalue weighted by atomic mass is 32.2. The monoisotopic (exact) mass is 420 g/mol. The predicted molar refractivity (Wildman–Crippen MR) is 111 cm³/mol. The molecular formula is C21H20N6O2S. The molecule has 152 valence electrons. The van der Waals surface area contributed by atoms with Crippen LogP contribution in [0, 0.1) is 17.2 Å². The fourth-order valence-corrected chi connectivity index (χ4v) is 7.74. The minimum Gasteiger partial charge on any atom is -0.354 e. The Morgan fingerprint density at radius 1 is 1.27 bits per heavy atom. The van der Waals surface area contributed by atoms with Crippen molar-refractivity contribution in [3.63, 3.8) is 0 Å². The number of aromatic nitrogens is 3. The van der Waals surface area contributed by atoms with Crippen LogP contribution in [0.3, 0.4) is 0 Å². The van der Waals surface area contributed by atoms with E-state index in [0.29, 0.717) is 23.6 Å². The average Bonchev–Trinajstić information content (AvgIpc) is 3.22. The summed E-state index contributed by atoms with van der Waals surface area (Å²) in [4.78, 5) is 14.1. The largest absolute Gasteiger partial charge is 0.354 e. The number of nitriles is 1. The Hall–Kier alpha value is -2.96. The molecule has 0 amide bonds. The first-order valence-corrected chi connectivity index (χ1v) is 11.7. The van der Waals surface area contributed by atoms with Gasteiger partial charge in [-0.2, -0.15) is 9.57 Å². The van der Waals surface area contributed by atoms with Crippen LogP contribution < -0.4 is 4.90 Å². The van der Waals surface area contributed by atoms with Gasteiger partial charge in [-0.05, 0) is 42.5 Å². The quantitative estimate of drug-likeness (QED) is 0.647. The number of nitrogens with zero attached hydrogens (tertiary/aromatic N) is 5. The third kappa shape index (κ3) is 2.38. The Morgan fingerprint density at radius 3 is 2.97 bits per heavy atom. The van der Waals surface area contributed by atoms with Crippen molar-refractivity contribution in [3.8, 4) is 6.07 Å². The first-order chi connectivity index (χ1) is 14.5. The van der Waals surface area contributed by atoms with Crippen molar-refractivity contribution < 1.29 is 8.42 Å². The highest BCUT2D eigenvalue weighted by molar-refractivity contribution is 7.88. The molecule has 4 unspecified atom stereocenters. The van der Waals surface area contributed by atoms with Gasteiger partial charge in [0.15, 0.2) is 0 Å². The smallest absolute Gasteiger partial charge is 0.219 e. The van der Waals surface area contributed by atoms with Crippen LogP contribution >= 0.6 is 0 Å². The third-order valence-electron chi connectivity index (χ3n) is 6.97. The topological polar surface area (TPSA) is 106 Å². The second kappa shape index (κ2) is 6.03. The van der Waals surface area contributed by atoms with E-state index in [2.05, 4.69) is 25.9 Å². The van der Waals surface area contributed by atoms with Crippen LogP contribution in [-0.4, -0.2) is 52.3 Å². The molecule has 1 aromatic carbocycles. The minimum atomic E-state index is -3.47. The second-order valence-electron chi connectivity index (χ2n) is 8.45. The molecule has 0 radical (unpaired) electrons. The van der Waals surface area contributed by atoms with Gasteiger partial charge in [-0.1, -0.05) is 12.1 Å². The minimum absolute atomic E-state index is 0.0156. The Kier molecular flexibility index (Phi) is 3.59. The molecule has 1 spiro atoms. The first-order valence-electron chi connectivity index (χ1n) is 10.1. The standard InChI is InChI=1S/C21H20N6O2S/c22-9-14-2-1-3-15(8-14)12-30(28,29)27-18-11-26(10-16-4-6-21(16,18)27)20-17-5-7-23-19(17)24-13-25-20/h1-3,5,7-8,13,16,18H,4,6,10-12H2,(H,23,24,25). The molecule has 0 bridgehead atoms. The Labute approximate surface area is 174 Å². The van der Waals surface area contributed by atoms with Gasteiger partial charge in [0.2, 0.25) is 10.0 Å². The molecule has 2 aromatic heterocycles. The van der Waals surface area contributed by atoms with Gasteiger partial charge in [-0.15, -0.1) is 0 Å². The van der Waals surface area contributed by atoms with E-state index >= 15 is 0 Å². The van der Waals surface area contributed by atoms with Gasteiger partial charge in [0.05, 0.1) is 34.4 Å². The molecule has 6 rings (SSSR count). The van der Waals surface area contributed by atoms with Crippen molar-refractivity contribution in [2.75, 3.05) is 18.0 Å². The lowest BCUT2D eigenvalue weighted by atomic mass is 9.68. The normalized spacial score (nSPS) is 29.6. The van der Waals surface area contributed by atoms with Crippen LogP contribution in [0.25, 0.3) is 11.0 Å². The maximum Gasteiger partial charge on any atom is 0.219 e. The second-order valence-corrected chi connectivity index (χ2v) is 10.3. The molecule has 3 aromatic rings. The third-order valence-corrected chi connectivity index (χ3v) is 8.87. The summed E-state index contributed by atoms with van der Waals surface area (Å²) in [6.45, 7) is 1.45. The predicted octanol–water partition coefficient (Wildman–Crippen LogP) is 2.01. The van der Waals surface area contributed by atoms with Crippen LogP contribution in [0.15, 0.2) is 42.9 Å². The van der Waals surface area contributed by atoms with Crippen LogP contribution in [0.4, 0.5) is 5.82 Å². The molecule has 4 atom stereocenters. The molecular weight excluding hydrogens is 400 g/mol. The molecule has 2 aliphatic heterocycles. The highest BCUT2D eigenvalue weighted by Crippen LogP contribution is 2.63. The maximum absolute atomic E-state index is 13.3. The Morgan fingerprint density at radius 2 is 2.17 bits per heavy atom. The average molecular weight is 420 g/mol. The van der Waals surface area contributed by atoms with E-state index in [1.807, 2.05) is 12.3 Å². The number of hydrogen-bond donors (Lipinski definition) is 1. The van der Waals surface area contributed by atoms with E-state index in [-0.39, 0.29) is 17.3 Å².